The molecule has 6 rings (SSSR count). The van der Waals surface area contributed by atoms with Crippen LogP contribution in [0, 0.1) is 12.3 Å². The third kappa shape index (κ3) is 3.74. The minimum Gasteiger partial charge on any atom is -0.339 e. The molecular weight excluding hydrogens is 464 g/mol. The van der Waals surface area contributed by atoms with E-state index in [0.717, 1.165) is 48.3 Å². The lowest BCUT2D eigenvalue weighted by molar-refractivity contribution is -0.125. The van der Waals surface area contributed by atoms with Crippen molar-refractivity contribution < 1.29 is 14.1 Å². The Hall–Kier alpha value is -3.79. The number of aryl methyl sites for hydroxylation is 1. The summed E-state index contributed by atoms with van der Waals surface area (Å²) in [6, 6.07) is 11.7. The maximum atomic E-state index is 13.2. The first-order valence-electron chi connectivity index (χ1n) is 11.5. The second-order valence-electron chi connectivity index (χ2n) is 9.33. The summed E-state index contributed by atoms with van der Waals surface area (Å²) in [6.45, 7) is 6.88. The Bertz CT molecular complexity index is 1460. The number of anilines is 1. The second-order valence-corrected chi connectivity index (χ2v) is 10.4. The first-order valence-corrected chi connectivity index (χ1v) is 12.4. The van der Waals surface area contributed by atoms with Gasteiger partial charge in [-0.25, -0.2) is 4.98 Å². The van der Waals surface area contributed by atoms with Crippen LogP contribution in [0.5, 0.6) is 0 Å². The van der Waals surface area contributed by atoms with Crippen LogP contribution in [-0.2, 0) is 4.79 Å². The predicted octanol–water partition coefficient (Wildman–Crippen LogP) is 4.45. The molecule has 10 heteroatoms. The van der Waals surface area contributed by atoms with Crippen LogP contribution in [-0.4, -0.2) is 49.5 Å². The predicted molar refractivity (Wildman–Crippen MR) is 132 cm³/mol. The number of amides is 2. The average Bonchev–Trinajstić information content (AvgIpc) is 3.61. The van der Waals surface area contributed by atoms with Crippen LogP contribution in [0.2, 0.25) is 0 Å². The molecule has 2 amide bonds. The summed E-state index contributed by atoms with van der Waals surface area (Å²) in [4.78, 5) is 37.4. The van der Waals surface area contributed by atoms with Crippen molar-refractivity contribution in [2.75, 3.05) is 18.4 Å². The molecule has 0 atom stereocenters. The number of thiophene rings is 1. The van der Waals surface area contributed by atoms with Gasteiger partial charge >= 0.3 is 0 Å². The fourth-order valence-electron chi connectivity index (χ4n) is 5.35. The number of carbonyl (C=O) groups excluding carboxylic acids is 2. The van der Waals surface area contributed by atoms with Crippen molar-refractivity contribution in [2.45, 2.75) is 32.2 Å². The fraction of sp³-hybridized carbons (Fsp3) is 0.320. The van der Waals surface area contributed by atoms with Crippen LogP contribution < -0.4 is 5.32 Å². The number of nitrogens with one attached hydrogen (secondary N) is 1. The summed E-state index contributed by atoms with van der Waals surface area (Å²) in [6.07, 6.45) is 4.27. The molecule has 3 aromatic heterocycles. The van der Waals surface area contributed by atoms with E-state index in [1.54, 1.807) is 13.0 Å². The summed E-state index contributed by atoms with van der Waals surface area (Å²) in [7, 11) is 0. The number of imidazole rings is 1. The van der Waals surface area contributed by atoms with Crippen molar-refractivity contribution >= 4 is 40.1 Å². The zero-order valence-corrected chi connectivity index (χ0v) is 20.0. The Balaban J connectivity index is 1.24. The molecule has 9 nitrogen and oxygen atoms in total. The van der Waals surface area contributed by atoms with Crippen LogP contribution in [0.25, 0.3) is 21.7 Å². The minimum atomic E-state index is -0.226. The van der Waals surface area contributed by atoms with Gasteiger partial charge in [-0.1, -0.05) is 23.9 Å². The summed E-state index contributed by atoms with van der Waals surface area (Å²) in [5, 5.41) is 6.96. The van der Waals surface area contributed by atoms with Gasteiger partial charge in [-0.2, -0.15) is 4.98 Å². The number of hydrogen-bond acceptors (Lipinski definition) is 7. The highest BCUT2D eigenvalue weighted by Gasteiger charge is 2.50. The number of benzene rings is 1. The number of carbonyl (C=O) groups is 2. The zero-order valence-electron chi connectivity index (χ0n) is 19.2. The molecule has 1 aliphatic carbocycles. The summed E-state index contributed by atoms with van der Waals surface area (Å²) in [5.41, 5.74) is 1.96. The van der Waals surface area contributed by atoms with E-state index in [1.165, 1.54) is 17.4 Å². The number of likely N-dealkylation sites (tertiary alicyclic amines) is 1. The molecule has 1 N–H and O–H groups in total. The van der Waals surface area contributed by atoms with Crippen molar-refractivity contribution in [3.8, 4) is 10.7 Å². The van der Waals surface area contributed by atoms with E-state index >= 15 is 0 Å². The van der Waals surface area contributed by atoms with Crippen LogP contribution in [0.3, 0.4) is 0 Å². The number of hydrogen-bond donors (Lipinski definition) is 1. The summed E-state index contributed by atoms with van der Waals surface area (Å²) >= 11 is 1.31. The average molecular weight is 489 g/mol. The van der Waals surface area contributed by atoms with Gasteiger partial charge in [0.15, 0.2) is 0 Å². The summed E-state index contributed by atoms with van der Waals surface area (Å²) < 4.78 is 7.20. The Morgan fingerprint density at radius 3 is 2.83 bits per heavy atom. The molecule has 4 aromatic rings. The van der Waals surface area contributed by atoms with Gasteiger partial charge in [0.1, 0.15) is 0 Å². The van der Waals surface area contributed by atoms with Crippen LogP contribution in [0.4, 0.5) is 5.95 Å². The van der Waals surface area contributed by atoms with E-state index in [-0.39, 0.29) is 23.3 Å². The van der Waals surface area contributed by atoms with Gasteiger partial charge in [-0.05, 0) is 55.0 Å². The molecule has 35 heavy (non-hydrogen) atoms. The van der Waals surface area contributed by atoms with Crippen LogP contribution >= 0.6 is 11.3 Å². The quantitative estimate of drug-likeness (QED) is 0.416. The van der Waals surface area contributed by atoms with Crippen LogP contribution in [0.15, 0.2) is 53.6 Å². The number of fused-ring (bicyclic) bond motifs is 1. The summed E-state index contributed by atoms with van der Waals surface area (Å²) in [5.74, 6) is 1.26. The molecule has 0 radical (unpaired) electrons. The number of aromatic nitrogens is 4. The number of para-hydroxylation sites is 2. The SMILES string of the molecule is C=CC(=O)N1CCC2(CC(n3c(NC(=O)c4ccc(-c5noc(C)n5)s4)nc4ccccc43)C2)C1. The Morgan fingerprint density at radius 2 is 2.06 bits per heavy atom. The van der Waals surface area contributed by atoms with Crippen molar-refractivity contribution in [1.82, 2.24) is 24.6 Å². The lowest BCUT2D eigenvalue weighted by atomic mass is 9.65. The van der Waals surface area contributed by atoms with E-state index in [4.69, 9.17) is 9.51 Å². The molecular formula is C25H24N6O3S. The maximum Gasteiger partial charge on any atom is 0.268 e. The van der Waals surface area contributed by atoms with E-state index in [1.807, 2.05) is 35.2 Å². The van der Waals surface area contributed by atoms with Gasteiger partial charge < -0.3 is 14.0 Å². The first kappa shape index (κ1) is 21.7. The highest BCUT2D eigenvalue weighted by atomic mass is 32.1. The minimum absolute atomic E-state index is 0.00217. The smallest absolute Gasteiger partial charge is 0.268 e. The van der Waals surface area contributed by atoms with Crippen LogP contribution in [0.1, 0.15) is 40.9 Å². The van der Waals surface area contributed by atoms with Gasteiger partial charge in [0.2, 0.25) is 23.6 Å². The Kier molecular flexibility index (Phi) is 5.06. The molecule has 0 unspecified atom stereocenters. The van der Waals surface area contributed by atoms with Crippen molar-refractivity contribution in [1.29, 1.82) is 0 Å². The maximum absolute atomic E-state index is 13.2. The van der Waals surface area contributed by atoms with E-state index in [9.17, 15) is 9.59 Å². The van der Waals surface area contributed by atoms with Gasteiger partial charge in [0.05, 0.1) is 20.8 Å². The topological polar surface area (TPSA) is 106 Å². The number of rotatable bonds is 5. The van der Waals surface area contributed by atoms with E-state index in [2.05, 4.69) is 26.6 Å². The van der Waals surface area contributed by atoms with Gasteiger partial charge in [-0.15, -0.1) is 11.3 Å². The monoisotopic (exact) mass is 488 g/mol. The largest absolute Gasteiger partial charge is 0.339 e. The number of nitrogens with zero attached hydrogens (tertiary/aromatic N) is 5. The molecule has 4 heterocycles. The molecule has 1 saturated carbocycles. The Labute approximate surface area is 205 Å². The van der Waals surface area contributed by atoms with E-state index in [0.29, 0.717) is 22.5 Å². The van der Waals surface area contributed by atoms with Gasteiger partial charge in [0.25, 0.3) is 5.91 Å². The lowest BCUT2D eigenvalue weighted by Gasteiger charge is -2.46. The molecule has 1 aliphatic heterocycles. The molecule has 1 aromatic carbocycles. The Morgan fingerprint density at radius 1 is 1.23 bits per heavy atom. The van der Waals surface area contributed by atoms with E-state index < -0.39 is 0 Å². The second kappa shape index (κ2) is 8.16. The zero-order chi connectivity index (χ0) is 24.2. The normalized spacial score (nSPS) is 21.4. The molecule has 1 spiro atoms. The lowest BCUT2D eigenvalue weighted by Crippen LogP contribution is -2.42. The molecule has 2 fully saturated rings. The highest BCUT2D eigenvalue weighted by Crippen LogP contribution is 2.55. The van der Waals surface area contributed by atoms with Crippen molar-refractivity contribution in [3.63, 3.8) is 0 Å². The molecule has 2 aliphatic rings. The molecule has 0 bridgehead atoms. The first-order chi connectivity index (χ1) is 16.9. The van der Waals surface area contributed by atoms with Crippen molar-refractivity contribution in [2.24, 2.45) is 5.41 Å². The van der Waals surface area contributed by atoms with Gasteiger partial charge in [0, 0.05) is 26.1 Å². The van der Waals surface area contributed by atoms with Gasteiger partial charge in [-0.3, -0.25) is 14.9 Å². The third-order valence-electron chi connectivity index (χ3n) is 7.03. The standard InChI is InChI=1S/C25H24N6O3S/c1-3-21(32)30-11-10-25(14-30)12-16(13-25)31-18-7-5-4-6-17(18)27-24(31)28-23(33)20-9-8-19(35-20)22-26-15(2)34-29-22/h3-9,16H,1,10-14H2,2H3,(H,27,28,33). The third-order valence-corrected chi connectivity index (χ3v) is 8.11. The molecule has 178 valence electrons. The highest BCUT2D eigenvalue weighted by molar-refractivity contribution is 7.17. The van der Waals surface area contributed by atoms with Crippen molar-refractivity contribution in [3.05, 3.63) is 59.8 Å². The molecule has 1 saturated heterocycles. The fourth-order valence-corrected chi connectivity index (χ4v) is 6.18.